The molecule has 0 fully saturated rings. The molecular formula is C20H21NO4. The number of imide groups is 1. The summed E-state index contributed by atoms with van der Waals surface area (Å²) in [6.07, 6.45) is 3.52. The number of hydrogen-bond donors (Lipinski definition) is 1. The molecular weight excluding hydrogens is 318 g/mol. The second-order valence-electron chi connectivity index (χ2n) is 6.33. The highest BCUT2D eigenvalue weighted by Gasteiger charge is 2.26. The van der Waals surface area contributed by atoms with Gasteiger partial charge in [0.15, 0.2) is 0 Å². The maximum Gasteiger partial charge on any atom is 0.314 e. The van der Waals surface area contributed by atoms with Crippen LogP contribution in [0.1, 0.15) is 60.2 Å². The number of rotatable bonds is 6. The van der Waals surface area contributed by atoms with Crippen LogP contribution in [0.25, 0.3) is 10.8 Å². The molecule has 0 spiro atoms. The molecule has 0 bridgehead atoms. The Morgan fingerprint density at radius 3 is 2.60 bits per heavy atom. The monoisotopic (exact) mass is 339 g/mol. The van der Waals surface area contributed by atoms with Gasteiger partial charge in [0.1, 0.15) is 5.75 Å². The van der Waals surface area contributed by atoms with Crippen molar-refractivity contribution in [3.63, 3.8) is 0 Å². The standard InChI is InChI=1S/C20H21NO4/c1-3-5-7-12(4-2)20(24)25-14-10-13-8-6-9-15-17(13)16(11-14)19(23)21-18(15)22/h6,8-12H,3-5,7H2,1-2H3,(H,21,22,23). The van der Waals surface area contributed by atoms with Crippen molar-refractivity contribution < 1.29 is 19.1 Å². The number of hydrogen-bond acceptors (Lipinski definition) is 4. The minimum atomic E-state index is -0.468. The lowest BCUT2D eigenvalue weighted by atomic mass is 9.95. The minimum Gasteiger partial charge on any atom is -0.426 e. The lowest BCUT2D eigenvalue weighted by Crippen LogP contribution is -2.34. The van der Waals surface area contributed by atoms with E-state index in [2.05, 4.69) is 12.2 Å². The lowest BCUT2D eigenvalue weighted by Gasteiger charge is -2.18. The molecule has 1 aliphatic rings. The van der Waals surface area contributed by atoms with Gasteiger partial charge in [0.25, 0.3) is 11.8 Å². The normalized spacial score (nSPS) is 14.3. The van der Waals surface area contributed by atoms with E-state index in [0.717, 1.165) is 25.7 Å². The van der Waals surface area contributed by atoms with Crippen LogP contribution in [0.5, 0.6) is 5.75 Å². The van der Waals surface area contributed by atoms with Gasteiger partial charge in [-0.3, -0.25) is 19.7 Å². The highest BCUT2D eigenvalue weighted by molar-refractivity contribution is 6.25. The fraction of sp³-hybridized carbons (Fsp3) is 0.350. The molecule has 0 aliphatic carbocycles. The lowest BCUT2D eigenvalue weighted by molar-refractivity contribution is -0.139. The van der Waals surface area contributed by atoms with Crippen LogP contribution in [0.2, 0.25) is 0 Å². The van der Waals surface area contributed by atoms with Crippen molar-refractivity contribution >= 4 is 28.6 Å². The van der Waals surface area contributed by atoms with Gasteiger partial charge < -0.3 is 4.74 Å². The van der Waals surface area contributed by atoms with Gasteiger partial charge in [0.2, 0.25) is 0 Å². The maximum absolute atomic E-state index is 12.4. The van der Waals surface area contributed by atoms with Gasteiger partial charge in [0, 0.05) is 10.9 Å². The number of benzene rings is 2. The minimum absolute atomic E-state index is 0.145. The molecule has 0 radical (unpaired) electrons. The molecule has 5 heteroatoms. The summed E-state index contributed by atoms with van der Waals surface area (Å²) in [6.45, 7) is 4.06. The molecule has 2 aromatic rings. The van der Waals surface area contributed by atoms with Gasteiger partial charge in [-0.2, -0.15) is 0 Å². The molecule has 3 rings (SSSR count). The second kappa shape index (κ2) is 7.05. The Morgan fingerprint density at radius 1 is 1.12 bits per heavy atom. The van der Waals surface area contributed by atoms with Crippen molar-refractivity contribution in [3.8, 4) is 5.75 Å². The van der Waals surface area contributed by atoms with E-state index in [4.69, 9.17) is 4.74 Å². The third-order valence-electron chi connectivity index (χ3n) is 4.62. The van der Waals surface area contributed by atoms with Crippen LogP contribution in [-0.2, 0) is 4.79 Å². The summed E-state index contributed by atoms with van der Waals surface area (Å²) in [5.41, 5.74) is 0.816. The Labute approximate surface area is 146 Å². The summed E-state index contributed by atoms with van der Waals surface area (Å²) in [5.74, 6) is -0.952. The first kappa shape index (κ1) is 17.1. The molecule has 130 valence electrons. The summed E-state index contributed by atoms with van der Waals surface area (Å²) in [4.78, 5) is 36.6. The topological polar surface area (TPSA) is 72.5 Å². The van der Waals surface area contributed by atoms with Crippen LogP contribution in [0.3, 0.4) is 0 Å². The summed E-state index contributed by atoms with van der Waals surface area (Å²) in [5, 5.41) is 3.64. The number of esters is 1. The van der Waals surface area contributed by atoms with E-state index >= 15 is 0 Å². The van der Waals surface area contributed by atoms with Crippen LogP contribution in [0, 0.1) is 5.92 Å². The molecule has 2 amide bonds. The molecule has 0 saturated heterocycles. The molecule has 0 saturated carbocycles. The van der Waals surface area contributed by atoms with E-state index in [0.29, 0.717) is 27.6 Å². The predicted octanol–water partition coefficient (Wildman–Crippen LogP) is 3.85. The third-order valence-corrected chi connectivity index (χ3v) is 4.62. The van der Waals surface area contributed by atoms with Crippen LogP contribution < -0.4 is 10.1 Å². The van der Waals surface area contributed by atoms with E-state index in [1.54, 1.807) is 24.3 Å². The third kappa shape index (κ3) is 3.27. The maximum atomic E-state index is 12.4. The van der Waals surface area contributed by atoms with E-state index in [9.17, 15) is 14.4 Å². The molecule has 1 atom stereocenters. The van der Waals surface area contributed by atoms with Crippen LogP contribution in [-0.4, -0.2) is 17.8 Å². The summed E-state index contributed by atoms with van der Waals surface area (Å²) >= 11 is 0. The van der Waals surface area contributed by atoms with Crippen molar-refractivity contribution in [2.24, 2.45) is 5.92 Å². The Balaban J connectivity index is 1.95. The molecule has 1 heterocycles. The van der Waals surface area contributed by atoms with E-state index in [1.807, 2.05) is 6.92 Å². The first-order chi connectivity index (χ1) is 12.0. The molecule has 0 aromatic heterocycles. The SMILES string of the molecule is CCCCC(CC)C(=O)Oc1cc2c3c(cccc3c1)C(=O)NC2=O. The number of carbonyl (C=O) groups excluding carboxylic acids is 3. The van der Waals surface area contributed by atoms with Crippen LogP contribution in [0.4, 0.5) is 0 Å². The average molecular weight is 339 g/mol. The molecule has 1 aliphatic heterocycles. The number of amides is 2. The van der Waals surface area contributed by atoms with Crippen molar-refractivity contribution in [2.45, 2.75) is 39.5 Å². The molecule has 25 heavy (non-hydrogen) atoms. The quantitative estimate of drug-likeness (QED) is 0.493. The fourth-order valence-corrected chi connectivity index (χ4v) is 3.20. The van der Waals surface area contributed by atoms with Crippen molar-refractivity contribution in [1.29, 1.82) is 0 Å². The molecule has 5 nitrogen and oxygen atoms in total. The Morgan fingerprint density at radius 2 is 1.88 bits per heavy atom. The first-order valence-electron chi connectivity index (χ1n) is 8.69. The molecule has 1 N–H and O–H groups in total. The van der Waals surface area contributed by atoms with Crippen molar-refractivity contribution in [2.75, 3.05) is 0 Å². The first-order valence-corrected chi connectivity index (χ1v) is 8.69. The predicted molar refractivity (Wildman–Crippen MR) is 94.7 cm³/mol. The van der Waals surface area contributed by atoms with E-state index < -0.39 is 11.8 Å². The zero-order valence-electron chi connectivity index (χ0n) is 14.4. The molecule has 2 aromatic carbocycles. The Hall–Kier alpha value is -2.69. The fourth-order valence-electron chi connectivity index (χ4n) is 3.20. The number of carbonyl (C=O) groups is 3. The van der Waals surface area contributed by atoms with Crippen LogP contribution >= 0.6 is 0 Å². The Kier molecular flexibility index (Phi) is 4.83. The summed E-state index contributed by atoms with van der Waals surface area (Å²) < 4.78 is 5.55. The van der Waals surface area contributed by atoms with Gasteiger partial charge in [-0.15, -0.1) is 0 Å². The van der Waals surface area contributed by atoms with E-state index in [-0.39, 0.29) is 11.9 Å². The summed E-state index contributed by atoms with van der Waals surface area (Å²) in [7, 11) is 0. The average Bonchev–Trinajstić information content (AvgIpc) is 2.60. The zero-order valence-corrected chi connectivity index (χ0v) is 14.4. The summed E-state index contributed by atoms with van der Waals surface area (Å²) in [6, 6.07) is 8.48. The van der Waals surface area contributed by atoms with Gasteiger partial charge in [-0.1, -0.05) is 38.8 Å². The molecule has 1 unspecified atom stereocenters. The van der Waals surface area contributed by atoms with Gasteiger partial charge in [0.05, 0.1) is 11.5 Å². The number of ether oxygens (including phenoxy) is 1. The Bertz CT molecular complexity index is 856. The highest BCUT2D eigenvalue weighted by Crippen LogP contribution is 2.31. The second-order valence-corrected chi connectivity index (χ2v) is 6.33. The number of unbranched alkanes of at least 4 members (excludes halogenated alkanes) is 1. The van der Waals surface area contributed by atoms with E-state index in [1.165, 1.54) is 6.07 Å². The van der Waals surface area contributed by atoms with Crippen molar-refractivity contribution in [1.82, 2.24) is 5.32 Å². The highest BCUT2D eigenvalue weighted by atomic mass is 16.5. The van der Waals surface area contributed by atoms with Gasteiger partial charge in [-0.25, -0.2) is 0 Å². The zero-order chi connectivity index (χ0) is 18.0. The van der Waals surface area contributed by atoms with Crippen molar-refractivity contribution in [3.05, 3.63) is 41.5 Å². The van der Waals surface area contributed by atoms with Gasteiger partial charge >= 0.3 is 5.97 Å². The van der Waals surface area contributed by atoms with Gasteiger partial charge in [-0.05, 0) is 36.4 Å². The largest absolute Gasteiger partial charge is 0.426 e. The smallest absolute Gasteiger partial charge is 0.314 e. The number of nitrogens with one attached hydrogen (secondary N) is 1. The van der Waals surface area contributed by atoms with Crippen LogP contribution in [0.15, 0.2) is 30.3 Å².